The SMILES string of the molecule is O=C(Cc1cccs1)N1CCN(CCn2cccn2)CC1. The van der Waals surface area contributed by atoms with Crippen LogP contribution in [0.2, 0.25) is 0 Å². The van der Waals surface area contributed by atoms with Crippen molar-refractivity contribution in [3.8, 4) is 0 Å². The summed E-state index contributed by atoms with van der Waals surface area (Å²) >= 11 is 1.65. The Kier molecular flexibility index (Phi) is 4.67. The first kappa shape index (κ1) is 14.3. The van der Waals surface area contributed by atoms with Gasteiger partial charge >= 0.3 is 0 Å². The third-order valence-corrected chi connectivity index (χ3v) is 4.71. The number of hydrogen-bond acceptors (Lipinski definition) is 4. The van der Waals surface area contributed by atoms with Gasteiger partial charge in [-0.2, -0.15) is 5.10 Å². The van der Waals surface area contributed by atoms with Gasteiger partial charge in [-0.3, -0.25) is 14.4 Å². The minimum atomic E-state index is 0.254. The first-order chi connectivity index (χ1) is 10.3. The summed E-state index contributed by atoms with van der Waals surface area (Å²) in [5, 5.41) is 6.24. The Bertz CT molecular complexity index is 544. The van der Waals surface area contributed by atoms with Gasteiger partial charge in [0.25, 0.3) is 0 Å². The normalized spacial score (nSPS) is 16.3. The maximum Gasteiger partial charge on any atom is 0.227 e. The van der Waals surface area contributed by atoms with Gasteiger partial charge in [-0.25, -0.2) is 0 Å². The lowest BCUT2D eigenvalue weighted by Gasteiger charge is -2.34. The Hall–Kier alpha value is -1.66. The maximum atomic E-state index is 12.2. The summed E-state index contributed by atoms with van der Waals surface area (Å²) in [6.45, 7) is 5.49. The van der Waals surface area contributed by atoms with Gasteiger partial charge in [0.1, 0.15) is 0 Å². The zero-order valence-electron chi connectivity index (χ0n) is 12.0. The topological polar surface area (TPSA) is 41.4 Å². The molecule has 0 aliphatic carbocycles. The molecule has 0 aromatic carbocycles. The van der Waals surface area contributed by atoms with E-state index in [4.69, 9.17) is 0 Å². The number of carbonyl (C=O) groups excluding carboxylic acids is 1. The van der Waals surface area contributed by atoms with Crippen LogP contribution in [-0.4, -0.2) is 58.2 Å². The summed E-state index contributed by atoms with van der Waals surface area (Å²) in [4.78, 5) is 17.8. The highest BCUT2D eigenvalue weighted by Gasteiger charge is 2.21. The van der Waals surface area contributed by atoms with Crippen LogP contribution >= 0.6 is 11.3 Å². The second-order valence-corrected chi connectivity index (χ2v) is 6.28. The van der Waals surface area contributed by atoms with Gasteiger partial charge in [0.05, 0.1) is 13.0 Å². The highest BCUT2D eigenvalue weighted by molar-refractivity contribution is 7.10. The molecule has 1 fully saturated rings. The minimum absolute atomic E-state index is 0.254. The number of piperazine rings is 1. The first-order valence-corrected chi connectivity index (χ1v) is 8.19. The molecule has 3 rings (SSSR count). The van der Waals surface area contributed by atoms with Crippen LogP contribution in [0, 0.1) is 0 Å². The number of aromatic nitrogens is 2. The summed E-state index contributed by atoms with van der Waals surface area (Å²) in [5.41, 5.74) is 0. The molecule has 0 saturated carbocycles. The van der Waals surface area contributed by atoms with E-state index in [9.17, 15) is 4.79 Å². The predicted molar refractivity (Wildman–Crippen MR) is 83.3 cm³/mol. The fourth-order valence-corrected chi connectivity index (χ4v) is 3.27. The number of rotatable bonds is 5. The molecule has 1 amide bonds. The highest BCUT2D eigenvalue weighted by atomic mass is 32.1. The van der Waals surface area contributed by atoms with Gasteiger partial charge in [0, 0.05) is 50.0 Å². The largest absolute Gasteiger partial charge is 0.340 e. The molecule has 0 atom stereocenters. The van der Waals surface area contributed by atoms with Crippen molar-refractivity contribution in [3.05, 3.63) is 40.8 Å². The number of amides is 1. The average Bonchev–Trinajstić information content (AvgIpc) is 3.19. The lowest BCUT2D eigenvalue weighted by atomic mass is 10.2. The van der Waals surface area contributed by atoms with Gasteiger partial charge in [0.15, 0.2) is 0 Å². The van der Waals surface area contributed by atoms with Crippen molar-refractivity contribution in [2.45, 2.75) is 13.0 Å². The van der Waals surface area contributed by atoms with Crippen LogP contribution in [0.4, 0.5) is 0 Å². The third-order valence-electron chi connectivity index (χ3n) is 3.84. The fourth-order valence-electron chi connectivity index (χ4n) is 2.57. The van der Waals surface area contributed by atoms with E-state index < -0.39 is 0 Å². The summed E-state index contributed by atoms with van der Waals surface area (Å²) < 4.78 is 1.95. The second kappa shape index (κ2) is 6.87. The van der Waals surface area contributed by atoms with Crippen molar-refractivity contribution in [1.82, 2.24) is 19.6 Å². The van der Waals surface area contributed by atoms with E-state index in [2.05, 4.69) is 10.00 Å². The molecular formula is C15H20N4OS. The Morgan fingerprint density at radius 3 is 2.71 bits per heavy atom. The van der Waals surface area contributed by atoms with E-state index in [-0.39, 0.29) is 5.91 Å². The quantitative estimate of drug-likeness (QED) is 0.837. The highest BCUT2D eigenvalue weighted by Crippen LogP contribution is 2.12. The van der Waals surface area contributed by atoms with Crippen molar-refractivity contribution in [3.63, 3.8) is 0 Å². The number of thiophene rings is 1. The zero-order valence-corrected chi connectivity index (χ0v) is 12.8. The van der Waals surface area contributed by atoms with Crippen LogP contribution in [0.3, 0.4) is 0 Å². The van der Waals surface area contributed by atoms with Crippen molar-refractivity contribution < 1.29 is 4.79 Å². The molecule has 3 heterocycles. The molecule has 2 aromatic heterocycles. The second-order valence-electron chi connectivity index (χ2n) is 5.25. The lowest BCUT2D eigenvalue weighted by molar-refractivity contribution is -0.132. The van der Waals surface area contributed by atoms with Crippen LogP contribution in [0.25, 0.3) is 0 Å². The summed E-state index contributed by atoms with van der Waals surface area (Å²) in [6, 6.07) is 5.98. The van der Waals surface area contributed by atoms with Crippen molar-refractivity contribution in [2.75, 3.05) is 32.7 Å². The van der Waals surface area contributed by atoms with E-state index in [1.54, 1.807) is 17.5 Å². The first-order valence-electron chi connectivity index (χ1n) is 7.31. The predicted octanol–water partition coefficient (Wildman–Crippen LogP) is 1.33. The van der Waals surface area contributed by atoms with Crippen LogP contribution in [0.15, 0.2) is 36.0 Å². The van der Waals surface area contributed by atoms with E-state index in [0.29, 0.717) is 6.42 Å². The van der Waals surface area contributed by atoms with Gasteiger partial charge in [-0.05, 0) is 17.5 Å². The Morgan fingerprint density at radius 2 is 2.05 bits per heavy atom. The van der Waals surface area contributed by atoms with E-state index >= 15 is 0 Å². The Labute approximate surface area is 128 Å². The van der Waals surface area contributed by atoms with Gasteiger partial charge < -0.3 is 4.90 Å². The Morgan fingerprint density at radius 1 is 1.19 bits per heavy atom. The molecule has 2 aromatic rings. The van der Waals surface area contributed by atoms with E-state index in [1.807, 2.05) is 39.4 Å². The third kappa shape index (κ3) is 3.92. The average molecular weight is 304 g/mol. The molecule has 0 N–H and O–H groups in total. The number of nitrogens with zero attached hydrogens (tertiary/aromatic N) is 4. The molecule has 0 spiro atoms. The standard InChI is InChI=1S/C15H20N4OS/c20-15(13-14-3-1-12-21-14)18-9-6-17(7-10-18)8-11-19-5-2-4-16-19/h1-5,12H,6-11,13H2. The van der Waals surface area contributed by atoms with Crippen LogP contribution < -0.4 is 0 Å². The lowest BCUT2D eigenvalue weighted by Crippen LogP contribution is -2.49. The zero-order chi connectivity index (χ0) is 14.5. The summed E-state index contributed by atoms with van der Waals surface area (Å²) in [5.74, 6) is 0.254. The maximum absolute atomic E-state index is 12.2. The Balaban J connectivity index is 1.41. The van der Waals surface area contributed by atoms with Crippen LogP contribution in [0.1, 0.15) is 4.88 Å². The molecule has 5 nitrogen and oxygen atoms in total. The molecule has 6 heteroatoms. The van der Waals surface area contributed by atoms with Crippen molar-refractivity contribution in [2.24, 2.45) is 0 Å². The molecule has 112 valence electrons. The molecule has 0 bridgehead atoms. The molecule has 21 heavy (non-hydrogen) atoms. The van der Waals surface area contributed by atoms with Crippen LogP contribution in [-0.2, 0) is 17.8 Å². The summed E-state index contributed by atoms with van der Waals surface area (Å²) in [7, 11) is 0. The van der Waals surface area contributed by atoms with Gasteiger partial charge in [-0.15, -0.1) is 11.3 Å². The number of hydrogen-bond donors (Lipinski definition) is 0. The minimum Gasteiger partial charge on any atom is -0.340 e. The van der Waals surface area contributed by atoms with Crippen molar-refractivity contribution in [1.29, 1.82) is 0 Å². The van der Waals surface area contributed by atoms with Gasteiger partial charge in [0.2, 0.25) is 5.91 Å². The molecule has 1 aliphatic rings. The van der Waals surface area contributed by atoms with Gasteiger partial charge in [-0.1, -0.05) is 6.07 Å². The molecule has 1 saturated heterocycles. The monoisotopic (exact) mass is 304 g/mol. The van der Waals surface area contributed by atoms with E-state index in [0.717, 1.165) is 44.1 Å². The smallest absolute Gasteiger partial charge is 0.227 e. The fraction of sp³-hybridized carbons (Fsp3) is 0.467. The molecular weight excluding hydrogens is 284 g/mol. The van der Waals surface area contributed by atoms with E-state index in [1.165, 1.54) is 0 Å². The molecule has 1 aliphatic heterocycles. The van der Waals surface area contributed by atoms with Crippen LogP contribution in [0.5, 0.6) is 0 Å². The summed E-state index contributed by atoms with van der Waals surface area (Å²) in [6.07, 6.45) is 4.34. The molecule has 0 unspecified atom stereocenters. The molecule has 0 radical (unpaired) electrons. The van der Waals surface area contributed by atoms with Crippen molar-refractivity contribution >= 4 is 17.2 Å². The number of carbonyl (C=O) groups is 1.